The molecule has 1 aromatic heterocycles. The first-order valence-electron chi connectivity index (χ1n) is 7.60. The number of hydrogen-bond acceptors (Lipinski definition) is 4. The standard InChI is InChI=1S/C17H22ClN3O2/c1-5-21(10-17-19-12(3)13(4)23-17)9-16(22)20-15-8-14(18)7-6-11(15)2/h6-8H,5,9-10H2,1-4H3,(H,20,22). The van der Waals surface area contributed by atoms with E-state index in [2.05, 4.69) is 10.3 Å². The number of likely N-dealkylation sites (N-methyl/N-ethyl adjacent to an activating group) is 1. The van der Waals surface area contributed by atoms with Crippen LogP contribution < -0.4 is 5.32 Å². The van der Waals surface area contributed by atoms with Crippen LogP contribution in [0.2, 0.25) is 5.02 Å². The maximum Gasteiger partial charge on any atom is 0.238 e. The van der Waals surface area contributed by atoms with E-state index in [9.17, 15) is 4.79 Å². The van der Waals surface area contributed by atoms with Gasteiger partial charge >= 0.3 is 0 Å². The van der Waals surface area contributed by atoms with Crippen molar-refractivity contribution < 1.29 is 9.21 Å². The van der Waals surface area contributed by atoms with Crippen LogP contribution in [0.4, 0.5) is 5.69 Å². The van der Waals surface area contributed by atoms with Crippen LogP contribution in [0.1, 0.15) is 29.8 Å². The van der Waals surface area contributed by atoms with Crippen molar-refractivity contribution in [2.45, 2.75) is 34.2 Å². The number of oxazole rings is 1. The van der Waals surface area contributed by atoms with Gasteiger partial charge in [-0.3, -0.25) is 9.69 Å². The lowest BCUT2D eigenvalue weighted by Crippen LogP contribution is -2.33. The van der Waals surface area contributed by atoms with Crippen molar-refractivity contribution in [3.05, 3.63) is 46.1 Å². The van der Waals surface area contributed by atoms with Crippen molar-refractivity contribution in [1.82, 2.24) is 9.88 Å². The fourth-order valence-corrected chi connectivity index (χ4v) is 2.37. The molecule has 1 heterocycles. The first-order chi connectivity index (χ1) is 10.9. The van der Waals surface area contributed by atoms with E-state index >= 15 is 0 Å². The van der Waals surface area contributed by atoms with Crippen molar-refractivity contribution in [2.75, 3.05) is 18.4 Å². The maximum absolute atomic E-state index is 12.3. The summed E-state index contributed by atoms with van der Waals surface area (Å²) in [6, 6.07) is 5.44. The molecule has 0 aliphatic carbocycles. The smallest absolute Gasteiger partial charge is 0.238 e. The average molecular weight is 336 g/mol. The number of carbonyl (C=O) groups is 1. The summed E-state index contributed by atoms with van der Waals surface area (Å²) in [5, 5.41) is 3.50. The fourth-order valence-electron chi connectivity index (χ4n) is 2.20. The van der Waals surface area contributed by atoms with E-state index in [4.69, 9.17) is 16.0 Å². The highest BCUT2D eigenvalue weighted by molar-refractivity contribution is 6.31. The van der Waals surface area contributed by atoms with Gasteiger partial charge in [0.05, 0.1) is 18.8 Å². The number of carbonyl (C=O) groups excluding carboxylic acids is 1. The number of hydrogen-bond donors (Lipinski definition) is 1. The molecule has 5 nitrogen and oxygen atoms in total. The van der Waals surface area contributed by atoms with E-state index < -0.39 is 0 Å². The topological polar surface area (TPSA) is 58.4 Å². The summed E-state index contributed by atoms with van der Waals surface area (Å²) in [4.78, 5) is 18.6. The molecular weight excluding hydrogens is 314 g/mol. The zero-order valence-corrected chi connectivity index (χ0v) is 14.7. The second-order valence-electron chi connectivity index (χ2n) is 5.56. The number of aryl methyl sites for hydroxylation is 3. The molecule has 23 heavy (non-hydrogen) atoms. The number of nitrogens with zero attached hydrogens (tertiary/aromatic N) is 2. The lowest BCUT2D eigenvalue weighted by Gasteiger charge is -2.18. The first kappa shape index (κ1) is 17.5. The Kier molecular flexibility index (Phi) is 5.80. The summed E-state index contributed by atoms with van der Waals surface area (Å²) >= 11 is 5.98. The minimum absolute atomic E-state index is 0.0859. The van der Waals surface area contributed by atoms with Gasteiger partial charge in [0, 0.05) is 10.7 Å². The third-order valence-corrected chi connectivity index (χ3v) is 3.95. The highest BCUT2D eigenvalue weighted by atomic mass is 35.5. The van der Waals surface area contributed by atoms with Crippen LogP contribution in [0.5, 0.6) is 0 Å². The van der Waals surface area contributed by atoms with E-state index in [1.807, 2.05) is 38.7 Å². The highest BCUT2D eigenvalue weighted by Gasteiger charge is 2.14. The summed E-state index contributed by atoms with van der Waals surface area (Å²) in [7, 11) is 0. The molecule has 6 heteroatoms. The Bertz CT molecular complexity index is 678. The predicted octanol–water partition coefficient (Wildman–Crippen LogP) is 3.71. The molecule has 0 spiro atoms. The number of anilines is 1. The summed E-state index contributed by atoms with van der Waals surface area (Å²) in [5.41, 5.74) is 2.60. The number of benzene rings is 1. The third-order valence-electron chi connectivity index (χ3n) is 3.72. The zero-order valence-electron chi connectivity index (χ0n) is 13.9. The van der Waals surface area contributed by atoms with Gasteiger partial charge in [0.2, 0.25) is 11.8 Å². The summed E-state index contributed by atoms with van der Waals surface area (Å²) < 4.78 is 5.58. The number of amides is 1. The van der Waals surface area contributed by atoms with Gasteiger partial charge in [-0.1, -0.05) is 24.6 Å². The second kappa shape index (κ2) is 7.62. The van der Waals surface area contributed by atoms with Crippen molar-refractivity contribution in [3.8, 4) is 0 Å². The molecule has 124 valence electrons. The molecule has 1 amide bonds. The third kappa shape index (κ3) is 4.81. The van der Waals surface area contributed by atoms with E-state index in [1.54, 1.807) is 12.1 Å². The number of nitrogens with one attached hydrogen (secondary N) is 1. The maximum atomic E-state index is 12.3. The molecule has 0 saturated carbocycles. The van der Waals surface area contributed by atoms with Crippen molar-refractivity contribution >= 4 is 23.2 Å². The molecule has 0 aliphatic rings. The molecule has 2 aromatic rings. The van der Waals surface area contributed by atoms with E-state index in [0.29, 0.717) is 17.5 Å². The normalized spacial score (nSPS) is 11.0. The quantitative estimate of drug-likeness (QED) is 0.874. The average Bonchev–Trinajstić information content (AvgIpc) is 2.80. The summed E-state index contributed by atoms with van der Waals surface area (Å²) in [5.74, 6) is 1.36. The Morgan fingerprint density at radius 2 is 2.09 bits per heavy atom. The monoisotopic (exact) mass is 335 g/mol. The summed E-state index contributed by atoms with van der Waals surface area (Å²) in [6.45, 7) is 9.23. The minimum Gasteiger partial charge on any atom is -0.444 e. The van der Waals surface area contributed by atoms with Gasteiger partial charge < -0.3 is 9.73 Å². The van der Waals surface area contributed by atoms with Gasteiger partial charge in [-0.15, -0.1) is 0 Å². The van der Waals surface area contributed by atoms with E-state index in [0.717, 1.165) is 29.2 Å². The Morgan fingerprint density at radius 1 is 1.35 bits per heavy atom. The van der Waals surface area contributed by atoms with E-state index in [1.165, 1.54) is 0 Å². The van der Waals surface area contributed by atoms with Gasteiger partial charge in [-0.05, 0) is 45.0 Å². The van der Waals surface area contributed by atoms with Gasteiger partial charge in [-0.25, -0.2) is 4.98 Å². The van der Waals surface area contributed by atoms with Crippen molar-refractivity contribution in [2.24, 2.45) is 0 Å². The van der Waals surface area contributed by atoms with Crippen LogP contribution in [0.15, 0.2) is 22.6 Å². The molecule has 0 saturated heterocycles. The van der Waals surface area contributed by atoms with Crippen molar-refractivity contribution in [1.29, 1.82) is 0 Å². The molecule has 0 fully saturated rings. The van der Waals surface area contributed by atoms with Crippen LogP contribution in [0.25, 0.3) is 0 Å². The van der Waals surface area contributed by atoms with Crippen LogP contribution >= 0.6 is 11.6 Å². The first-order valence-corrected chi connectivity index (χ1v) is 7.98. The molecule has 2 rings (SSSR count). The van der Waals surface area contributed by atoms with Crippen LogP contribution in [0.3, 0.4) is 0 Å². The van der Waals surface area contributed by atoms with Gasteiger partial charge in [0.1, 0.15) is 5.76 Å². The van der Waals surface area contributed by atoms with Crippen molar-refractivity contribution in [3.63, 3.8) is 0 Å². The molecule has 1 aromatic carbocycles. The Morgan fingerprint density at radius 3 is 2.70 bits per heavy atom. The van der Waals surface area contributed by atoms with Crippen LogP contribution in [-0.2, 0) is 11.3 Å². The SMILES string of the molecule is CCN(CC(=O)Nc1cc(Cl)ccc1C)Cc1nc(C)c(C)o1. The Balaban J connectivity index is 1.98. The Labute approximate surface area is 141 Å². The predicted molar refractivity (Wildman–Crippen MR) is 91.7 cm³/mol. The molecule has 0 unspecified atom stereocenters. The number of rotatable bonds is 6. The van der Waals surface area contributed by atoms with Crippen LogP contribution in [-0.4, -0.2) is 28.9 Å². The van der Waals surface area contributed by atoms with Gasteiger partial charge in [0.15, 0.2) is 0 Å². The lowest BCUT2D eigenvalue weighted by molar-refractivity contribution is -0.117. The summed E-state index contributed by atoms with van der Waals surface area (Å²) in [6.07, 6.45) is 0. The lowest BCUT2D eigenvalue weighted by atomic mass is 10.2. The molecule has 0 radical (unpaired) electrons. The zero-order chi connectivity index (χ0) is 17.0. The van der Waals surface area contributed by atoms with Crippen LogP contribution in [0, 0.1) is 20.8 Å². The highest BCUT2D eigenvalue weighted by Crippen LogP contribution is 2.20. The molecular formula is C17H22ClN3O2. The van der Waals surface area contributed by atoms with E-state index in [-0.39, 0.29) is 12.5 Å². The molecule has 0 bridgehead atoms. The minimum atomic E-state index is -0.0859. The van der Waals surface area contributed by atoms with Gasteiger partial charge in [0.25, 0.3) is 0 Å². The number of halogens is 1. The molecule has 0 aliphatic heterocycles. The Hall–Kier alpha value is -1.85. The molecule has 0 atom stereocenters. The largest absolute Gasteiger partial charge is 0.444 e. The number of aromatic nitrogens is 1. The fraction of sp³-hybridized carbons (Fsp3) is 0.412. The molecule has 1 N–H and O–H groups in total. The second-order valence-corrected chi connectivity index (χ2v) is 6.00. The van der Waals surface area contributed by atoms with Gasteiger partial charge in [-0.2, -0.15) is 0 Å².